The number of amides is 1. The van der Waals surface area contributed by atoms with Crippen molar-refractivity contribution in [1.82, 2.24) is 5.32 Å². The van der Waals surface area contributed by atoms with E-state index >= 15 is 0 Å². The van der Waals surface area contributed by atoms with Gasteiger partial charge in [0.2, 0.25) is 5.91 Å². The second kappa shape index (κ2) is 3.96. The number of carbonyl (C=O) groups is 1. The smallest absolute Gasteiger partial charge is 0.260 e. The molecular weight excluding hydrogens is 240 g/mol. The average molecular weight is 251 g/mol. The maximum absolute atomic E-state index is 10.9. The molecule has 0 aromatic heterocycles. The van der Waals surface area contributed by atoms with E-state index in [1.165, 1.54) is 25.2 Å². The van der Waals surface area contributed by atoms with Gasteiger partial charge < -0.3 is 11.1 Å². The van der Waals surface area contributed by atoms with Crippen LogP contribution < -0.4 is 11.1 Å². The highest BCUT2D eigenvalue weighted by Crippen LogP contribution is 2.22. The molecule has 7 heteroatoms. The lowest BCUT2D eigenvalue weighted by molar-refractivity contribution is -0.120. The first-order valence-corrected chi connectivity index (χ1v) is 6.46. The molecule has 0 bridgehead atoms. The maximum Gasteiger partial charge on any atom is 0.260 e. The third kappa shape index (κ3) is 3.33. The van der Waals surface area contributed by atoms with E-state index in [0.717, 1.165) is 0 Å². The summed E-state index contributed by atoms with van der Waals surface area (Å²) < 4.78 is 21.9. The summed E-state index contributed by atoms with van der Waals surface area (Å²) in [5.41, 5.74) is 4.73. The Bertz CT molecular complexity index is 441. The van der Waals surface area contributed by atoms with Crippen LogP contribution in [0.5, 0.6) is 0 Å². The summed E-state index contributed by atoms with van der Waals surface area (Å²) in [5.74, 6) is -0.285. The third-order valence-electron chi connectivity index (χ3n) is 1.88. The Morgan fingerprint density at radius 1 is 1.67 bits per heavy atom. The molecule has 1 amide bonds. The van der Waals surface area contributed by atoms with Crippen LogP contribution in [0.3, 0.4) is 0 Å². The van der Waals surface area contributed by atoms with Crippen molar-refractivity contribution in [1.29, 1.82) is 0 Å². The molecule has 0 saturated heterocycles. The summed E-state index contributed by atoms with van der Waals surface area (Å²) in [6.45, 7) is 1.33. The lowest BCUT2D eigenvalue weighted by Crippen LogP contribution is -2.54. The Morgan fingerprint density at radius 2 is 2.27 bits per heavy atom. The van der Waals surface area contributed by atoms with Gasteiger partial charge in [-0.15, -0.1) is 0 Å². The van der Waals surface area contributed by atoms with E-state index < -0.39 is 14.7 Å². The molecule has 0 aliphatic heterocycles. The predicted octanol–water partition coefficient (Wildman–Crippen LogP) is 0.190. The highest BCUT2D eigenvalue weighted by molar-refractivity contribution is 8.17. The van der Waals surface area contributed by atoms with Crippen molar-refractivity contribution in [3.63, 3.8) is 0 Å². The molecule has 1 unspecified atom stereocenters. The third-order valence-corrected chi connectivity index (χ3v) is 3.28. The number of carbonyl (C=O) groups excluding carboxylic acids is 1. The van der Waals surface area contributed by atoms with Gasteiger partial charge in [-0.1, -0.05) is 6.08 Å². The number of nitrogens with two attached hydrogens (primary N) is 1. The molecule has 1 aliphatic rings. The van der Waals surface area contributed by atoms with Crippen LogP contribution >= 0.6 is 10.7 Å². The number of halogens is 1. The van der Waals surface area contributed by atoms with Crippen molar-refractivity contribution in [2.45, 2.75) is 19.0 Å². The summed E-state index contributed by atoms with van der Waals surface area (Å²) in [5, 5.41) is 2.50. The quantitative estimate of drug-likeness (QED) is 0.541. The van der Waals surface area contributed by atoms with Crippen LogP contribution in [0.15, 0.2) is 23.1 Å². The van der Waals surface area contributed by atoms with Crippen LogP contribution in [0.4, 0.5) is 0 Å². The van der Waals surface area contributed by atoms with Gasteiger partial charge in [-0.3, -0.25) is 4.79 Å². The normalized spacial score (nSPS) is 25.9. The number of hydrogen-bond acceptors (Lipinski definition) is 4. The molecule has 0 fully saturated rings. The molecule has 0 saturated carbocycles. The zero-order chi connectivity index (χ0) is 11.7. The number of allylic oxidation sites excluding steroid dienone is 1. The minimum Gasteiger partial charge on any atom is -0.335 e. The van der Waals surface area contributed by atoms with Crippen molar-refractivity contribution in [2.75, 3.05) is 0 Å². The van der Waals surface area contributed by atoms with E-state index in [-0.39, 0.29) is 17.2 Å². The van der Waals surface area contributed by atoms with E-state index in [4.69, 9.17) is 16.4 Å². The van der Waals surface area contributed by atoms with Gasteiger partial charge in [0.05, 0.1) is 4.91 Å². The minimum absolute atomic E-state index is 0.00408. The van der Waals surface area contributed by atoms with Crippen LogP contribution in [-0.4, -0.2) is 20.0 Å². The molecule has 0 aromatic rings. The van der Waals surface area contributed by atoms with Gasteiger partial charge in [-0.25, -0.2) is 8.42 Å². The highest BCUT2D eigenvalue weighted by atomic mass is 35.7. The molecule has 0 heterocycles. The second-order valence-corrected chi connectivity index (χ2v) is 5.87. The number of hydrogen-bond donors (Lipinski definition) is 2. The number of rotatable bonds is 2. The molecule has 1 aliphatic carbocycles. The molecule has 0 spiro atoms. The Hall–Kier alpha value is -0.850. The first kappa shape index (κ1) is 12.2. The van der Waals surface area contributed by atoms with Gasteiger partial charge in [0.15, 0.2) is 0 Å². The van der Waals surface area contributed by atoms with Crippen LogP contribution in [0.25, 0.3) is 0 Å². The summed E-state index contributed by atoms with van der Waals surface area (Å²) >= 11 is 0. The van der Waals surface area contributed by atoms with Crippen LogP contribution in [0.2, 0.25) is 0 Å². The fraction of sp³-hybridized carbons (Fsp3) is 0.375. The van der Waals surface area contributed by atoms with E-state index in [9.17, 15) is 13.2 Å². The highest BCUT2D eigenvalue weighted by Gasteiger charge is 2.26. The topological polar surface area (TPSA) is 89.3 Å². The van der Waals surface area contributed by atoms with E-state index in [2.05, 4.69) is 5.32 Å². The summed E-state index contributed by atoms with van der Waals surface area (Å²) in [4.78, 5) is 10.8. The van der Waals surface area contributed by atoms with Crippen molar-refractivity contribution >= 4 is 25.6 Å². The first-order chi connectivity index (χ1) is 6.73. The fourth-order valence-corrected chi connectivity index (χ4v) is 2.09. The van der Waals surface area contributed by atoms with Crippen LogP contribution in [0, 0.1) is 0 Å². The molecular formula is C8H11ClN2O3S. The molecule has 1 rings (SSSR count). The lowest BCUT2D eigenvalue weighted by Gasteiger charge is -2.27. The molecule has 0 radical (unpaired) electrons. The Labute approximate surface area is 92.4 Å². The van der Waals surface area contributed by atoms with Crippen LogP contribution in [-0.2, 0) is 13.8 Å². The van der Waals surface area contributed by atoms with Crippen LogP contribution in [0.1, 0.15) is 13.3 Å². The second-order valence-electron chi connectivity index (χ2n) is 3.30. The van der Waals surface area contributed by atoms with Gasteiger partial charge in [0.25, 0.3) is 9.05 Å². The number of nitrogens with one attached hydrogen (secondary N) is 1. The molecule has 3 N–H and O–H groups in total. The zero-order valence-electron chi connectivity index (χ0n) is 8.03. The van der Waals surface area contributed by atoms with Crippen molar-refractivity contribution in [2.24, 2.45) is 5.73 Å². The Kier molecular flexibility index (Phi) is 3.22. The van der Waals surface area contributed by atoms with Gasteiger partial charge in [-0.05, 0) is 12.2 Å². The van der Waals surface area contributed by atoms with E-state index in [1.54, 1.807) is 0 Å². The van der Waals surface area contributed by atoms with Gasteiger partial charge in [0.1, 0.15) is 5.66 Å². The summed E-state index contributed by atoms with van der Waals surface area (Å²) in [6, 6.07) is 0. The minimum atomic E-state index is -3.73. The molecule has 84 valence electrons. The summed E-state index contributed by atoms with van der Waals surface area (Å²) in [7, 11) is 1.41. The van der Waals surface area contributed by atoms with Crippen molar-refractivity contribution in [3.8, 4) is 0 Å². The standard InChI is InChI=1S/C8H11ClN2O3S/c1-6(12)11-8(10)4-2-7(3-5-8)15(9,13)14/h2-4H,5,10H2,1H3,(H,11,12). The molecule has 15 heavy (non-hydrogen) atoms. The predicted molar refractivity (Wildman–Crippen MR) is 57.3 cm³/mol. The van der Waals surface area contributed by atoms with Gasteiger partial charge in [-0.2, -0.15) is 0 Å². The maximum atomic E-state index is 10.9. The fourth-order valence-electron chi connectivity index (χ4n) is 1.24. The Balaban J connectivity index is 2.84. The van der Waals surface area contributed by atoms with E-state index in [0.29, 0.717) is 0 Å². The average Bonchev–Trinajstić information content (AvgIpc) is 2.00. The zero-order valence-corrected chi connectivity index (χ0v) is 9.60. The molecule has 0 aromatic carbocycles. The lowest BCUT2D eigenvalue weighted by atomic mass is 10.0. The summed E-state index contributed by atoms with van der Waals surface area (Å²) in [6.07, 6.45) is 4.24. The molecule has 5 nitrogen and oxygen atoms in total. The Morgan fingerprint density at radius 3 is 2.60 bits per heavy atom. The van der Waals surface area contributed by atoms with E-state index in [1.807, 2.05) is 0 Å². The van der Waals surface area contributed by atoms with Gasteiger partial charge in [0, 0.05) is 24.0 Å². The SMILES string of the molecule is CC(=O)NC1(N)C=CC(S(=O)(=O)Cl)=CC1. The van der Waals surface area contributed by atoms with Crippen molar-refractivity contribution in [3.05, 3.63) is 23.1 Å². The first-order valence-electron chi connectivity index (χ1n) is 4.15. The largest absolute Gasteiger partial charge is 0.335 e. The van der Waals surface area contributed by atoms with Crippen molar-refractivity contribution < 1.29 is 13.2 Å². The molecule has 1 atom stereocenters. The van der Waals surface area contributed by atoms with Gasteiger partial charge >= 0.3 is 0 Å². The monoisotopic (exact) mass is 250 g/mol.